The number of carbonyl (C=O) groups is 4. The minimum atomic E-state index is -4.50. The molecule has 1 aliphatic carbocycles. The summed E-state index contributed by atoms with van der Waals surface area (Å²) in [5, 5.41) is 28.7. The number of sulfonamides is 1. The fourth-order valence-electron chi connectivity index (χ4n) is 4.38. The van der Waals surface area contributed by atoms with Crippen LogP contribution in [0.4, 0.5) is 4.79 Å². The average molecular weight is 569 g/mol. The van der Waals surface area contributed by atoms with Crippen LogP contribution in [0.5, 0.6) is 0 Å². The summed E-state index contributed by atoms with van der Waals surface area (Å²) in [4.78, 5) is 51.4. The molecular formula is C23H32N6O9S. The number of imide groups is 1. The largest absolute Gasteiger partial charge is 0.481 e. The molecule has 1 aliphatic heterocycles. The van der Waals surface area contributed by atoms with E-state index >= 15 is 0 Å². The number of carbonyl (C=O) groups excluding carboxylic acids is 2. The predicted molar refractivity (Wildman–Crippen MR) is 135 cm³/mol. The molecule has 2 fully saturated rings. The van der Waals surface area contributed by atoms with E-state index in [2.05, 4.69) is 10.0 Å². The van der Waals surface area contributed by atoms with Crippen LogP contribution in [0.15, 0.2) is 29.2 Å². The Balaban J connectivity index is 1.80. The van der Waals surface area contributed by atoms with Gasteiger partial charge in [-0.3, -0.25) is 19.9 Å². The molecule has 1 saturated carbocycles. The summed E-state index contributed by atoms with van der Waals surface area (Å²) in [6.07, 6.45) is -0.220. The molecule has 1 aromatic carbocycles. The minimum Gasteiger partial charge on any atom is -0.481 e. The lowest BCUT2D eigenvalue weighted by Gasteiger charge is -2.35. The third kappa shape index (κ3) is 7.21. The summed E-state index contributed by atoms with van der Waals surface area (Å²) < 4.78 is 33.7. The zero-order chi connectivity index (χ0) is 29.0. The van der Waals surface area contributed by atoms with Crippen LogP contribution in [-0.4, -0.2) is 102 Å². The minimum absolute atomic E-state index is 0.0269. The molecule has 7 N–H and O–H groups in total. The second-order valence-electron chi connectivity index (χ2n) is 9.45. The van der Waals surface area contributed by atoms with Crippen LogP contribution in [0.25, 0.3) is 0 Å². The number of carboxylic acid groups (broad SMARTS) is 2. The van der Waals surface area contributed by atoms with Gasteiger partial charge in [0.05, 0.1) is 34.8 Å². The molecule has 0 aromatic heterocycles. The predicted octanol–water partition coefficient (Wildman–Crippen LogP) is -0.419. The van der Waals surface area contributed by atoms with Crippen molar-refractivity contribution in [1.82, 2.24) is 19.8 Å². The molecule has 2 atom stereocenters. The first-order chi connectivity index (χ1) is 18.3. The first-order valence-corrected chi connectivity index (χ1v) is 13.6. The molecule has 1 aromatic rings. The van der Waals surface area contributed by atoms with Crippen molar-refractivity contribution >= 4 is 39.9 Å². The fraction of sp³-hybridized carbons (Fsp3) is 0.522. The monoisotopic (exact) mass is 568 g/mol. The van der Waals surface area contributed by atoms with Crippen molar-refractivity contribution in [2.24, 2.45) is 5.73 Å². The number of hydrogen-bond acceptors (Lipinski definition) is 8. The molecule has 1 saturated heterocycles. The number of carboxylic acids is 2. The van der Waals surface area contributed by atoms with Crippen LogP contribution in [0.3, 0.4) is 0 Å². The van der Waals surface area contributed by atoms with Crippen molar-refractivity contribution in [2.45, 2.75) is 55.2 Å². The number of guanidine groups is 1. The zero-order valence-corrected chi connectivity index (χ0v) is 22.1. The molecule has 2 aliphatic rings. The lowest BCUT2D eigenvalue weighted by molar-refractivity contribution is -0.139. The van der Waals surface area contributed by atoms with Gasteiger partial charge >= 0.3 is 18.0 Å². The standard InChI is InChI=1S/C23H32N6O9S/c1-14(27-39(36,37)17-5-3-2-4-16(17)20(33)34)19(32)29(23(8-9-23)7-6-18(30)31)22(35)26-12-15-13-28(21(24)25)10-11-38-15/h2-5,14-15,27H,6-13H2,1H3,(H3,24,25)(H,26,35)(H,30,31)(H,33,34). The van der Waals surface area contributed by atoms with Gasteiger partial charge in [0.2, 0.25) is 15.9 Å². The molecule has 15 nitrogen and oxygen atoms in total. The number of nitrogens with zero attached hydrogens (tertiary/aromatic N) is 2. The first-order valence-electron chi connectivity index (χ1n) is 12.2. The maximum Gasteiger partial charge on any atom is 0.337 e. The molecule has 3 amide bonds. The zero-order valence-electron chi connectivity index (χ0n) is 21.3. The highest BCUT2D eigenvalue weighted by atomic mass is 32.2. The second kappa shape index (κ2) is 12.0. The van der Waals surface area contributed by atoms with Crippen molar-refractivity contribution in [1.29, 1.82) is 5.41 Å². The second-order valence-corrected chi connectivity index (χ2v) is 11.1. The van der Waals surface area contributed by atoms with E-state index in [-0.39, 0.29) is 38.5 Å². The molecule has 16 heteroatoms. The normalized spacial score (nSPS) is 19.0. The van der Waals surface area contributed by atoms with Crippen LogP contribution in [0.1, 0.15) is 43.0 Å². The topological polar surface area (TPSA) is 233 Å². The number of morpholine rings is 1. The van der Waals surface area contributed by atoms with E-state index in [0.29, 0.717) is 19.4 Å². The van der Waals surface area contributed by atoms with Crippen LogP contribution in [0.2, 0.25) is 0 Å². The Bertz CT molecular complexity index is 1250. The molecule has 0 bridgehead atoms. The smallest absolute Gasteiger partial charge is 0.337 e. The Labute approximate surface area is 224 Å². The van der Waals surface area contributed by atoms with Crippen molar-refractivity contribution in [3.8, 4) is 0 Å². The SMILES string of the molecule is CC(NS(=O)(=O)c1ccccc1C(=O)O)C(=O)N(C(=O)NCC1CN(C(=N)N)CCO1)C1(CCC(=O)O)CC1. The van der Waals surface area contributed by atoms with Crippen molar-refractivity contribution < 1.29 is 42.5 Å². The van der Waals surface area contributed by atoms with E-state index in [1.165, 1.54) is 19.1 Å². The highest BCUT2D eigenvalue weighted by molar-refractivity contribution is 7.89. The van der Waals surface area contributed by atoms with Crippen LogP contribution >= 0.6 is 0 Å². The van der Waals surface area contributed by atoms with Gasteiger partial charge in [-0.05, 0) is 38.3 Å². The molecule has 0 radical (unpaired) electrons. The summed E-state index contributed by atoms with van der Waals surface area (Å²) in [6, 6.07) is 2.52. The van der Waals surface area contributed by atoms with E-state index in [1.54, 1.807) is 4.90 Å². The molecular weight excluding hydrogens is 536 g/mol. The van der Waals surface area contributed by atoms with Crippen LogP contribution in [0, 0.1) is 5.41 Å². The van der Waals surface area contributed by atoms with Crippen LogP contribution in [-0.2, 0) is 24.3 Å². The highest BCUT2D eigenvalue weighted by Crippen LogP contribution is 2.46. The highest BCUT2D eigenvalue weighted by Gasteiger charge is 2.54. The van der Waals surface area contributed by atoms with Gasteiger partial charge in [0, 0.05) is 26.1 Å². The van der Waals surface area contributed by atoms with Gasteiger partial charge in [0.25, 0.3) is 0 Å². The molecule has 2 unspecified atom stereocenters. The Kier molecular flexibility index (Phi) is 9.14. The van der Waals surface area contributed by atoms with E-state index in [0.717, 1.165) is 17.0 Å². The number of aromatic carboxylic acids is 1. The summed E-state index contributed by atoms with van der Waals surface area (Å²) in [5.74, 6) is -3.67. The molecule has 39 heavy (non-hydrogen) atoms. The quantitative estimate of drug-likeness (QED) is 0.148. The van der Waals surface area contributed by atoms with Gasteiger partial charge in [-0.2, -0.15) is 4.72 Å². The van der Waals surface area contributed by atoms with E-state index in [9.17, 15) is 37.8 Å². The molecule has 0 spiro atoms. The average Bonchev–Trinajstić information content (AvgIpc) is 3.66. The number of nitrogens with one attached hydrogen (secondary N) is 3. The van der Waals surface area contributed by atoms with Crippen molar-refractivity contribution in [2.75, 3.05) is 26.2 Å². The van der Waals surface area contributed by atoms with Gasteiger partial charge in [0.15, 0.2) is 5.96 Å². The van der Waals surface area contributed by atoms with Gasteiger partial charge in [-0.25, -0.2) is 18.0 Å². The van der Waals surface area contributed by atoms with Gasteiger partial charge in [-0.15, -0.1) is 0 Å². The number of benzene rings is 1. The maximum absolute atomic E-state index is 13.5. The third-order valence-corrected chi connectivity index (χ3v) is 8.20. The summed E-state index contributed by atoms with van der Waals surface area (Å²) in [7, 11) is -4.50. The number of ether oxygens (including phenoxy) is 1. The Morgan fingerprint density at radius 1 is 1.26 bits per heavy atom. The van der Waals surface area contributed by atoms with Gasteiger partial charge in [-0.1, -0.05) is 12.1 Å². The first kappa shape index (κ1) is 29.8. The summed E-state index contributed by atoms with van der Waals surface area (Å²) in [5.41, 5.74) is 3.92. The molecule has 214 valence electrons. The number of urea groups is 1. The number of amides is 3. The number of hydrogen-bond donors (Lipinski definition) is 6. The van der Waals surface area contributed by atoms with Crippen molar-refractivity contribution in [3.05, 3.63) is 29.8 Å². The lowest BCUT2D eigenvalue weighted by atomic mass is 10.1. The number of rotatable bonds is 11. The summed E-state index contributed by atoms with van der Waals surface area (Å²) >= 11 is 0. The molecule has 1 heterocycles. The van der Waals surface area contributed by atoms with E-state index < -0.39 is 62.0 Å². The van der Waals surface area contributed by atoms with Crippen LogP contribution < -0.4 is 15.8 Å². The number of nitrogens with two attached hydrogens (primary N) is 1. The number of aliphatic carboxylic acids is 1. The van der Waals surface area contributed by atoms with E-state index in [1.807, 2.05) is 0 Å². The fourth-order valence-corrected chi connectivity index (χ4v) is 5.77. The van der Waals surface area contributed by atoms with Gasteiger partial charge < -0.3 is 30.9 Å². The molecule has 3 rings (SSSR count). The van der Waals surface area contributed by atoms with Gasteiger partial charge in [0.1, 0.15) is 0 Å². The maximum atomic E-state index is 13.5. The lowest BCUT2D eigenvalue weighted by Crippen LogP contribution is -2.58. The Morgan fingerprint density at radius 2 is 1.92 bits per heavy atom. The van der Waals surface area contributed by atoms with Crippen molar-refractivity contribution in [3.63, 3.8) is 0 Å². The van der Waals surface area contributed by atoms with E-state index in [4.69, 9.17) is 15.9 Å². The Morgan fingerprint density at radius 3 is 2.51 bits per heavy atom. The summed E-state index contributed by atoms with van der Waals surface area (Å²) in [6.45, 7) is 2.07. The third-order valence-electron chi connectivity index (χ3n) is 6.60. The Hall–Kier alpha value is -3.76.